The zero-order valence-corrected chi connectivity index (χ0v) is 15.0. The van der Waals surface area contributed by atoms with Gasteiger partial charge in [-0.05, 0) is 50.3 Å². The van der Waals surface area contributed by atoms with Gasteiger partial charge in [-0.25, -0.2) is 8.42 Å². The van der Waals surface area contributed by atoms with Gasteiger partial charge in [0.05, 0.1) is 11.5 Å². The van der Waals surface area contributed by atoms with Crippen LogP contribution in [0.1, 0.15) is 31.2 Å². The van der Waals surface area contributed by atoms with Crippen molar-refractivity contribution < 1.29 is 13.2 Å². The lowest BCUT2D eigenvalue weighted by molar-refractivity contribution is -0.117. The predicted octanol–water partition coefficient (Wildman–Crippen LogP) is 1.62. The average Bonchev–Trinajstić information content (AvgIpc) is 2.58. The van der Waals surface area contributed by atoms with Crippen LogP contribution in [0.5, 0.6) is 0 Å². The number of nitrogens with two attached hydrogens (primary N) is 1. The number of hydrogen-bond acceptors (Lipinski definition) is 4. The fourth-order valence-corrected chi connectivity index (χ4v) is 4.39. The van der Waals surface area contributed by atoms with E-state index in [1.807, 2.05) is 6.07 Å². The Hall–Kier alpha value is -1.40. The number of primary amides is 1. The van der Waals surface area contributed by atoms with Gasteiger partial charge >= 0.3 is 0 Å². The third-order valence-electron chi connectivity index (χ3n) is 4.77. The molecule has 1 aliphatic heterocycles. The molecule has 1 aromatic rings. The van der Waals surface area contributed by atoms with Crippen molar-refractivity contribution in [3.05, 3.63) is 35.9 Å². The van der Waals surface area contributed by atoms with Gasteiger partial charge in [0, 0.05) is 13.0 Å². The maximum absolute atomic E-state index is 11.9. The van der Waals surface area contributed by atoms with Crippen molar-refractivity contribution in [2.45, 2.75) is 32.1 Å². The number of likely N-dealkylation sites (tertiary alicyclic amines) is 1. The maximum atomic E-state index is 11.9. The third kappa shape index (κ3) is 7.01. The Morgan fingerprint density at radius 2 is 1.79 bits per heavy atom. The quantitative estimate of drug-likeness (QED) is 0.732. The van der Waals surface area contributed by atoms with Crippen molar-refractivity contribution in [2.24, 2.45) is 11.7 Å². The molecule has 0 radical (unpaired) electrons. The molecule has 1 aromatic carbocycles. The fourth-order valence-electron chi connectivity index (χ4n) is 3.14. The number of carbonyl (C=O) groups excluding carboxylic acids is 1. The number of nitrogens with zero attached hydrogens (tertiary/aromatic N) is 1. The first-order valence-corrected chi connectivity index (χ1v) is 10.5. The maximum Gasteiger partial charge on any atom is 0.218 e. The standard InChI is InChI=1S/C18H28N2O3S/c19-18(21)10-14-24(22,23)15-13-20-11-8-17(9-12-20)7-6-16-4-2-1-3-5-16/h1-5,17H,6-15H2,(H2,19,21). The Bertz CT molecular complexity index is 608. The van der Waals surface area contributed by atoms with Crippen molar-refractivity contribution >= 4 is 15.7 Å². The van der Waals surface area contributed by atoms with Crippen molar-refractivity contribution in [3.8, 4) is 0 Å². The smallest absolute Gasteiger partial charge is 0.218 e. The molecule has 1 heterocycles. The Morgan fingerprint density at radius 1 is 1.12 bits per heavy atom. The SMILES string of the molecule is NC(=O)CCS(=O)(=O)CCN1CCC(CCc2ccccc2)CC1. The van der Waals surface area contributed by atoms with E-state index in [1.165, 1.54) is 12.0 Å². The summed E-state index contributed by atoms with van der Waals surface area (Å²) in [5.74, 6) is 0.163. The molecule has 0 unspecified atom stereocenters. The number of carbonyl (C=O) groups is 1. The van der Waals surface area contributed by atoms with Crippen LogP contribution < -0.4 is 5.73 Å². The number of piperidine rings is 1. The minimum absolute atomic E-state index is 0.0795. The zero-order valence-electron chi connectivity index (χ0n) is 14.2. The van der Waals surface area contributed by atoms with Crippen molar-refractivity contribution in [2.75, 3.05) is 31.1 Å². The third-order valence-corrected chi connectivity index (χ3v) is 6.40. The van der Waals surface area contributed by atoms with Crippen molar-refractivity contribution in [3.63, 3.8) is 0 Å². The summed E-state index contributed by atoms with van der Waals surface area (Å²) in [5, 5.41) is 0. The summed E-state index contributed by atoms with van der Waals surface area (Å²) in [4.78, 5) is 12.9. The van der Waals surface area contributed by atoms with Crippen LogP contribution in [-0.2, 0) is 21.1 Å². The molecule has 24 heavy (non-hydrogen) atoms. The molecule has 1 saturated heterocycles. The molecular formula is C18H28N2O3S. The summed E-state index contributed by atoms with van der Waals surface area (Å²) < 4.78 is 23.7. The second-order valence-electron chi connectivity index (χ2n) is 6.68. The second-order valence-corrected chi connectivity index (χ2v) is 8.98. The van der Waals surface area contributed by atoms with E-state index in [1.54, 1.807) is 0 Å². The van der Waals surface area contributed by atoms with Gasteiger partial charge < -0.3 is 10.6 Å². The lowest BCUT2D eigenvalue weighted by Crippen LogP contribution is -2.37. The number of benzene rings is 1. The Labute approximate surface area is 145 Å². The largest absolute Gasteiger partial charge is 0.370 e. The lowest BCUT2D eigenvalue weighted by atomic mass is 9.90. The van der Waals surface area contributed by atoms with Crippen molar-refractivity contribution in [1.82, 2.24) is 4.90 Å². The van der Waals surface area contributed by atoms with E-state index in [0.29, 0.717) is 6.54 Å². The molecule has 0 aliphatic carbocycles. The van der Waals surface area contributed by atoms with Crippen LogP contribution in [0.2, 0.25) is 0 Å². The summed E-state index contributed by atoms with van der Waals surface area (Å²) >= 11 is 0. The summed E-state index contributed by atoms with van der Waals surface area (Å²) in [7, 11) is -3.18. The van der Waals surface area contributed by atoms with E-state index in [-0.39, 0.29) is 17.9 Å². The van der Waals surface area contributed by atoms with E-state index in [9.17, 15) is 13.2 Å². The van der Waals surface area contributed by atoms with Crippen molar-refractivity contribution in [1.29, 1.82) is 0 Å². The monoisotopic (exact) mass is 352 g/mol. The number of sulfone groups is 1. The fraction of sp³-hybridized carbons (Fsp3) is 0.611. The Kier molecular flexibility index (Phi) is 7.24. The molecule has 0 bridgehead atoms. The van der Waals surface area contributed by atoms with Crippen LogP contribution in [-0.4, -0.2) is 50.4 Å². The molecule has 1 amide bonds. The van der Waals surface area contributed by atoms with E-state index in [4.69, 9.17) is 5.73 Å². The summed E-state index contributed by atoms with van der Waals surface area (Å²) in [6, 6.07) is 10.5. The number of aryl methyl sites for hydroxylation is 1. The van der Waals surface area contributed by atoms with Crippen LogP contribution in [0, 0.1) is 5.92 Å². The molecule has 134 valence electrons. The number of amides is 1. The molecule has 1 aliphatic rings. The molecule has 0 atom stereocenters. The zero-order chi connectivity index (χ0) is 17.4. The van der Waals surface area contributed by atoms with Gasteiger partial charge in [0.2, 0.25) is 5.91 Å². The summed E-state index contributed by atoms with van der Waals surface area (Å²) in [5.41, 5.74) is 6.40. The molecule has 2 rings (SSSR count). The number of hydrogen-bond donors (Lipinski definition) is 1. The van der Waals surface area contributed by atoms with E-state index >= 15 is 0 Å². The van der Waals surface area contributed by atoms with E-state index < -0.39 is 15.7 Å². The molecular weight excluding hydrogens is 324 g/mol. The van der Waals surface area contributed by atoms with E-state index in [0.717, 1.165) is 38.3 Å². The van der Waals surface area contributed by atoms with E-state index in [2.05, 4.69) is 29.2 Å². The van der Waals surface area contributed by atoms with Crippen LogP contribution in [0.15, 0.2) is 30.3 Å². The van der Waals surface area contributed by atoms with Crippen LogP contribution in [0.25, 0.3) is 0 Å². The molecule has 6 heteroatoms. The van der Waals surface area contributed by atoms with Gasteiger partial charge in [0.25, 0.3) is 0 Å². The summed E-state index contributed by atoms with van der Waals surface area (Å²) in [6.45, 7) is 2.49. The highest BCUT2D eigenvalue weighted by molar-refractivity contribution is 7.91. The second kappa shape index (κ2) is 9.18. The first-order valence-electron chi connectivity index (χ1n) is 8.69. The lowest BCUT2D eigenvalue weighted by Gasteiger charge is -2.31. The summed E-state index contributed by atoms with van der Waals surface area (Å²) in [6.07, 6.45) is 4.51. The van der Waals surface area contributed by atoms with Crippen LogP contribution >= 0.6 is 0 Å². The molecule has 0 aromatic heterocycles. The first kappa shape index (κ1) is 18.9. The van der Waals surface area contributed by atoms with Crippen LogP contribution in [0.4, 0.5) is 0 Å². The van der Waals surface area contributed by atoms with Gasteiger partial charge in [0.1, 0.15) is 0 Å². The predicted molar refractivity (Wildman–Crippen MR) is 96.4 cm³/mol. The molecule has 5 nitrogen and oxygen atoms in total. The Balaban J connectivity index is 1.64. The highest BCUT2D eigenvalue weighted by Gasteiger charge is 2.21. The molecule has 0 saturated carbocycles. The highest BCUT2D eigenvalue weighted by atomic mass is 32.2. The first-order chi connectivity index (χ1) is 11.4. The van der Waals surface area contributed by atoms with Gasteiger partial charge in [0.15, 0.2) is 9.84 Å². The van der Waals surface area contributed by atoms with Gasteiger partial charge in [-0.2, -0.15) is 0 Å². The molecule has 2 N–H and O–H groups in total. The topological polar surface area (TPSA) is 80.5 Å². The van der Waals surface area contributed by atoms with Crippen LogP contribution in [0.3, 0.4) is 0 Å². The molecule has 1 fully saturated rings. The Morgan fingerprint density at radius 3 is 2.42 bits per heavy atom. The average molecular weight is 353 g/mol. The van der Waals surface area contributed by atoms with Gasteiger partial charge in [-0.15, -0.1) is 0 Å². The minimum atomic E-state index is -3.18. The normalized spacial score (nSPS) is 17.0. The van der Waals surface area contributed by atoms with Gasteiger partial charge in [-0.3, -0.25) is 4.79 Å². The molecule has 0 spiro atoms. The minimum Gasteiger partial charge on any atom is -0.370 e. The van der Waals surface area contributed by atoms with Gasteiger partial charge in [-0.1, -0.05) is 30.3 Å². The number of rotatable bonds is 9. The highest BCUT2D eigenvalue weighted by Crippen LogP contribution is 2.22.